The first-order chi connectivity index (χ1) is 7.58. The summed E-state index contributed by atoms with van der Waals surface area (Å²) in [5, 5.41) is 12.2. The molecule has 1 atom stereocenters. The van der Waals surface area contributed by atoms with Crippen LogP contribution in [0.4, 0.5) is 0 Å². The number of halogens is 2. The number of rotatable bonds is 4. The van der Waals surface area contributed by atoms with Crippen LogP contribution in [0.3, 0.4) is 0 Å². The van der Waals surface area contributed by atoms with Gasteiger partial charge in [-0.1, -0.05) is 18.5 Å². The molecule has 0 unspecified atom stereocenters. The minimum atomic E-state index is -0.227. The van der Waals surface area contributed by atoms with Crippen molar-refractivity contribution >= 4 is 33.4 Å². The largest absolute Gasteiger partial charge is 0.394 e. The van der Waals surface area contributed by atoms with Gasteiger partial charge in [0.15, 0.2) is 0 Å². The van der Waals surface area contributed by atoms with E-state index in [0.717, 1.165) is 4.47 Å². The maximum atomic E-state index is 11.7. The molecule has 0 bridgehead atoms. The second-order valence-corrected chi connectivity index (χ2v) is 4.65. The van der Waals surface area contributed by atoms with E-state index in [1.165, 1.54) is 0 Å². The van der Waals surface area contributed by atoms with Gasteiger partial charge in [0.1, 0.15) is 0 Å². The molecule has 0 aromatic heterocycles. The predicted octanol–water partition coefficient (Wildman–Crippen LogP) is 2.60. The quantitative estimate of drug-likeness (QED) is 0.898. The molecule has 1 aromatic rings. The van der Waals surface area contributed by atoms with Gasteiger partial charge in [-0.15, -0.1) is 0 Å². The van der Waals surface area contributed by atoms with E-state index < -0.39 is 0 Å². The third-order valence-electron chi connectivity index (χ3n) is 2.23. The summed E-state index contributed by atoms with van der Waals surface area (Å²) < 4.78 is 0.750. The lowest BCUT2D eigenvalue weighted by molar-refractivity contribution is 0.0915. The summed E-state index contributed by atoms with van der Waals surface area (Å²) in [5.41, 5.74) is 0.486. The van der Waals surface area contributed by atoms with Crippen molar-refractivity contribution in [3.8, 4) is 0 Å². The Morgan fingerprint density at radius 2 is 2.31 bits per heavy atom. The molecule has 0 aliphatic carbocycles. The molecule has 0 radical (unpaired) electrons. The second-order valence-electron chi connectivity index (χ2n) is 3.39. The molecule has 0 aliphatic rings. The van der Waals surface area contributed by atoms with E-state index in [4.69, 9.17) is 16.7 Å². The Labute approximate surface area is 108 Å². The molecule has 0 spiro atoms. The van der Waals surface area contributed by atoms with Crippen LogP contribution in [0.1, 0.15) is 23.7 Å². The summed E-state index contributed by atoms with van der Waals surface area (Å²) in [6.45, 7) is 1.84. The molecule has 1 amide bonds. The Morgan fingerprint density at radius 1 is 1.62 bits per heavy atom. The summed E-state index contributed by atoms with van der Waals surface area (Å²) in [7, 11) is 0. The summed E-state index contributed by atoms with van der Waals surface area (Å²) in [6, 6.07) is 4.77. The van der Waals surface area contributed by atoms with Gasteiger partial charge in [0.05, 0.1) is 17.7 Å². The van der Waals surface area contributed by atoms with Gasteiger partial charge in [-0.05, 0) is 40.5 Å². The van der Waals surface area contributed by atoms with E-state index in [2.05, 4.69) is 21.2 Å². The third kappa shape index (κ3) is 3.47. The molecule has 5 heteroatoms. The molecule has 3 nitrogen and oxygen atoms in total. The fourth-order valence-corrected chi connectivity index (χ4v) is 1.61. The molecule has 1 rings (SSSR count). The van der Waals surface area contributed by atoms with E-state index in [9.17, 15) is 4.79 Å². The normalized spacial score (nSPS) is 12.2. The average Bonchev–Trinajstić information content (AvgIpc) is 2.29. The molecule has 88 valence electrons. The highest BCUT2D eigenvalue weighted by molar-refractivity contribution is 9.10. The zero-order chi connectivity index (χ0) is 12.1. The van der Waals surface area contributed by atoms with Gasteiger partial charge in [0.25, 0.3) is 5.91 Å². The lowest BCUT2D eigenvalue weighted by Gasteiger charge is -2.14. The number of carbonyl (C=O) groups is 1. The maximum absolute atomic E-state index is 11.7. The maximum Gasteiger partial charge on any atom is 0.251 e. The zero-order valence-corrected chi connectivity index (χ0v) is 11.2. The van der Waals surface area contributed by atoms with Crippen LogP contribution in [0.2, 0.25) is 5.02 Å². The van der Waals surface area contributed by atoms with E-state index in [0.29, 0.717) is 17.0 Å². The van der Waals surface area contributed by atoms with Crippen LogP contribution in [0, 0.1) is 0 Å². The second kappa shape index (κ2) is 6.23. The van der Waals surface area contributed by atoms with Crippen molar-refractivity contribution in [2.24, 2.45) is 0 Å². The lowest BCUT2D eigenvalue weighted by Crippen LogP contribution is -2.36. The Morgan fingerprint density at radius 3 is 2.81 bits per heavy atom. The first kappa shape index (κ1) is 13.5. The fourth-order valence-electron chi connectivity index (χ4n) is 1.18. The highest BCUT2D eigenvalue weighted by atomic mass is 79.9. The molecule has 0 fully saturated rings. The van der Waals surface area contributed by atoms with Gasteiger partial charge in [0, 0.05) is 10.0 Å². The predicted molar refractivity (Wildman–Crippen MR) is 67.8 cm³/mol. The van der Waals surface area contributed by atoms with Crippen molar-refractivity contribution in [1.82, 2.24) is 5.32 Å². The SMILES string of the molecule is CC[C@@H](CO)NC(=O)c1ccc(Br)c(Cl)c1. The number of carbonyl (C=O) groups excluding carboxylic acids is 1. The molecular weight excluding hydrogens is 293 g/mol. The number of benzene rings is 1. The molecule has 1 aromatic carbocycles. The van der Waals surface area contributed by atoms with E-state index in [-0.39, 0.29) is 18.6 Å². The van der Waals surface area contributed by atoms with Crippen LogP contribution in [0.5, 0.6) is 0 Å². The molecule has 0 saturated carbocycles. The number of nitrogens with one attached hydrogen (secondary N) is 1. The van der Waals surface area contributed by atoms with Gasteiger partial charge in [-0.2, -0.15) is 0 Å². The monoisotopic (exact) mass is 305 g/mol. The van der Waals surface area contributed by atoms with Crippen LogP contribution < -0.4 is 5.32 Å². The van der Waals surface area contributed by atoms with Gasteiger partial charge in [0.2, 0.25) is 0 Å². The highest BCUT2D eigenvalue weighted by Crippen LogP contribution is 2.23. The summed E-state index contributed by atoms with van der Waals surface area (Å²) in [5.74, 6) is -0.227. The van der Waals surface area contributed by atoms with Crippen molar-refractivity contribution < 1.29 is 9.90 Å². The summed E-state index contributed by atoms with van der Waals surface area (Å²) in [4.78, 5) is 11.7. The Hall–Kier alpha value is -0.580. The smallest absolute Gasteiger partial charge is 0.251 e. The Balaban J connectivity index is 2.76. The number of aliphatic hydroxyl groups is 1. The molecule has 0 heterocycles. The van der Waals surface area contributed by atoms with Crippen molar-refractivity contribution in [2.45, 2.75) is 19.4 Å². The molecule has 0 aliphatic heterocycles. The highest BCUT2D eigenvalue weighted by Gasteiger charge is 2.12. The van der Waals surface area contributed by atoms with Crippen LogP contribution in [0.25, 0.3) is 0 Å². The molecular formula is C11H13BrClNO2. The minimum absolute atomic E-state index is 0.0630. The number of amides is 1. The topological polar surface area (TPSA) is 49.3 Å². The summed E-state index contributed by atoms with van der Waals surface area (Å²) in [6.07, 6.45) is 0.687. The molecule has 2 N–H and O–H groups in total. The number of aliphatic hydroxyl groups excluding tert-OH is 1. The molecule has 0 saturated heterocycles. The van der Waals surface area contributed by atoms with Crippen molar-refractivity contribution in [1.29, 1.82) is 0 Å². The number of hydrogen-bond donors (Lipinski definition) is 2. The van der Waals surface area contributed by atoms with Gasteiger partial charge < -0.3 is 10.4 Å². The minimum Gasteiger partial charge on any atom is -0.394 e. The molecule has 16 heavy (non-hydrogen) atoms. The Kier molecular flexibility index (Phi) is 5.25. The number of hydrogen-bond acceptors (Lipinski definition) is 2. The van der Waals surface area contributed by atoms with Crippen molar-refractivity contribution in [3.63, 3.8) is 0 Å². The Bertz CT molecular complexity index is 380. The average molecular weight is 307 g/mol. The van der Waals surface area contributed by atoms with Crippen LogP contribution >= 0.6 is 27.5 Å². The standard InChI is InChI=1S/C11H13BrClNO2/c1-2-8(6-15)14-11(16)7-3-4-9(12)10(13)5-7/h3-5,8,15H,2,6H2,1H3,(H,14,16)/t8-/m0/s1. The van der Waals surface area contributed by atoms with Crippen LogP contribution in [-0.2, 0) is 0 Å². The fraction of sp³-hybridized carbons (Fsp3) is 0.364. The van der Waals surface area contributed by atoms with Crippen LogP contribution in [0.15, 0.2) is 22.7 Å². The van der Waals surface area contributed by atoms with Crippen molar-refractivity contribution in [3.05, 3.63) is 33.3 Å². The first-order valence-corrected chi connectivity index (χ1v) is 6.12. The lowest BCUT2D eigenvalue weighted by atomic mass is 10.2. The van der Waals surface area contributed by atoms with Gasteiger partial charge in [-0.25, -0.2) is 0 Å². The first-order valence-electron chi connectivity index (χ1n) is 4.95. The van der Waals surface area contributed by atoms with Gasteiger partial charge >= 0.3 is 0 Å². The van der Waals surface area contributed by atoms with Gasteiger partial charge in [-0.3, -0.25) is 4.79 Å². The van der Waals surface area contributed by atoms with Crippen molar-refractivity contribution in [2.75, 3.05) is 6.61 Å². The van der Waals surface area contributed by atoms with E-state index in [1.807, 2.05) is 6.92 Å². The summed E-state index contributed by atoms with van der Waals surface area (Å²) >= 11 is 9.14. The van der Waals surface area contributed by atoms with Crippen LogP contribution in [-0.4, -0.2) is 23.7 Å². The van der Waals surface area contributed by atoms with E-state index in [1.54, 1.807) is 18.2 Å². The third-order valence-corrected chi connectivity index (χ3v) is 3.46. The van der Waals surface area contributed by atoms with E-state index >= 15 is 0 Å². The zero-order valence-electron chi connectivity index (χ0n) is 8.84.